The molecule has 1 aromatic rings. The zero-order valence-corrected chi connectivity index (χ0v) is 12.0. The quantitative estimate of drug-likeness (QED) is 0.592. The Morgan fingerprint density at radius 1 is 1.11 bits per heavy atom. The molecule has 0 aliphatic rings. The Bertz CT molecular complexity index is 356. The average molecular weight is 246 g/mol. The van der Waals surface area contributed by atoms with Crippen LogP contribution in [-0.2, 0) is 0 Å². The minimum absolute atomic E-state index is 0.939. The maximum atomic E-state index is 5.27. The maximum Gasteiger partial charge on any atom is 0.119 e. The summed E-state index contributed by atoms with van der Waals surface area (Å²) in [6.07, 6.45) is 9.91. The molecule has 0 saturated carbocycles. The van der Waals surface area contributed by atoms with Gasteiger partial charge >= 0.3 is 0 Å². The Labute approximate surface area is 112 Å². The average Bonchev–Trinajstić information content (AvgIpc) is 2.42. The third-order valence-corrected chi connectivity index (χ3v) is 3.17. The Morgan fingerprint density at radius 2 is 1.78 bits per heavy atom. The number of benzene rings is 1. The lowest BCUT2D eigenvalue weighted by molar-refractivity contribution is 0.414. The summed E-state index contributed by atoms with van der Waals surface area (Å²) in [6.45, 7) is 4.51. The number of unbranched alkanes of at least 4 members (excludes halogenated alkanes) is 2. The summed E-state index contributed by atoms with van der Waals surface area (Å²) in [5.74, 6) is 0.939. The van der Waals surface area contributed by atoms with E-state index in [2.05, 4.69) is 38.1 Å². The van der Waals surface area contributed by atoms with Gasteiger partial charge in [0.15, 0.2) is 0 Å². The van der Waals surface area contributed by atoms with Crippen molar-refractivity contribution < 1.29 is 4.74 Å². The number of methoxy groups -OCH3 is 1. The van der Waals surface area contributed by atoms with Crippen molar-refractivity contribution in [2.24, 2.45) is 0 Å². The van der Waals surface area contributed by atoms with Crippen LogP contribution in [-0.4, -0.2) is 7.11 Å². The van der Waals surface area contributed by atoms with Gasteiger partial charge in [0, 0.05) is 0 Å². The first-order chi connectivity index (χ1) is 8.80. The predicted molar refractivity (Wildman–Crippen MR) is 80.0 cm³/mol. The molecule has 0 fully saturated rings. The van der Waals surface area contributed by atoms with Crippen molar-refractivity contribution in [1.82, 2.24) is 0 Å². The highest BCUT2D eigenvalue weighted by molar-refractivity contribution is 5.54. The van der Waals surface area contributed by atoms with Gasteiger partial charge in [-0.3, -0.25) is 0 Å². The van der Waals surface area contributed by atoms with Crippen LogP contribution in [0.1, 0.15) is 57.9 Å². The first-order valence-electron chi connectivity index (χ1n) is 7.13. The van der Waals surface area contributed by atoms with E-state index in [1.807, 2.05) is 6.07 Å². The zero-order chi connectivity index (χ0) is 13.2. The molecule has 0 amide bonds. The van der Waals surface area contributed by atoms with E-state index in [9.17, 15) is 0 Å². The minimum Gasteiger partial charge on any atom is -0.497 e. The molecular weight excluding hydrogens is 220 g/mol. The van der Waals surface area contributed by atoms with E-state index in [1.54, 1.807) is 12.7 Å². The molecule has 0 N–H and O–H groups in total. The summed E-state index contributed by atoms with van der Waals surface area (Å²) in [4.78, 5) is 0. The smallest absolute Gasteiger partial charge is 0.119 e. The Morgan fingerprint density at radius 3 is 2.33 bits per heavy atom. The molecule has 0 aromatic heterocycles. The van der Waals surface area contributed by atoms with Gasteiger partial charge in [-0.15, -0.1) is 0 Å². The van der Waals surface area contributed by atoms with Gasteiger partial charge in [0.05, 0.1) is 7.11 Å². The standard InChI is InChI=1S/C17H26O/c1-4-6-9-15(10-7-5-2)13-16-11-8-12-17(14-16)18-3/h8,11-14H,4-7,9-10H2,1-3H3. The van der Waals surface area contributed by atoms with Crippen LogP contribution in [0.5, 0.6) is 5.75 Å². The summed E-state index contributed by atoms with van der Waals surface area (Å²) in [5, 5.41) is 0. The lowest BCUT2D eigenvalue weighted by Gasteiger charge is -2.07. The van der Waals surface area contributed by atoms with Gasteiger partial charge in [0.25, 0.3) is 0 Å². The molecule has 0 aliphatic heterocycles. The molecule has 1 heteroatoms. The van der Waals surface area contributed by atoms with Crippen molar-refractivity contribution in [3.8, 4) is 5.75 Å². The van der Waals surface area contributed by atoms with Gasteiger partial charge in [-0.05, 0) is 43.4 Å². The highest BCUT2D eigenvalue weighted by Gasteiger charge is 1.99. The number of rotatable bonds is 8. The van der Waals surface area contributed by atoms with E-state index in [1.165, 1.54) is 44.1 Å². The Kier molecular flexibility index (Phi) is 7.24. The zero-order valence-electron chi connectivity index (χ0n) is 12.0. The molecule has 0 unspecified atom stereocenters. The van der Waals surface area contributed by atoms with Crippen LogP contribution in [0.4, 0.5) is 0 Å². The summed E-state index contributed by atoms with van der Waals surface area (Å²) >= 11 is 0. The minimum atomic E-state index is 0.939. The summed E-state index contributed by atoms with van der Waals surface area (Å²) in [6, 6.07) is 8.31. The van der Waals surface area contributed by atoms with Crippen LogP contribution in [0.3, 0.4) is 0 Å². The molecule has 0 aliphatic carbocycles. The molecule has 1 aromatic carbocycles. The first-order valence-corrected chi connectivity index (χ1v) is 7.13. The van der Waals surface area contributed by atoms with Crippen molar-refractivity contribution in [2.75, 3.05) is 7.11 Å². The maximum absolute atomic E-state index is 5.27. The molecule has 0 bridgehead atoms. The van der Waals surface area contributed by atoms with Crippen molar-refractivity contribution in [2.45, 2.75) is 52.4 Å². The van der Waals surface area contributed by atoms with Crippen molar-refractivity contribution in [1.29, 1.82) is 0 Å². The van der Waals surface area contributed by atoms with Gasteiger partial charge in [-0.1, -0.05) is 50.5 Å². The van der Waals surface area contributed by atoms with Crippen molar-refractivity contribution in [3.63, 3.8) is 0 Å². The number of hydrogen-bond donors (Lipinski definition) is 0. The van der Waals surface area contributed by atoms with Crippen molar-refractivity contribution >= 4 is 6.08 Å². The topological polar surface area (TPSA) is 9.23 Å². The van der Waals surface area contributed by atoms with E-state index in [0.717, 1.165) is 5.75 Å². The molecule has 1 nitrogen and oxygen atoms in total. The number of ether oxygens (including phenoxy) is 1. The fourth-order valence-corrected chi connectivity index (χ4v) is 2.04. The van der Waals surface area contributed by atoms with E-state index >= 15 is 0 Å². The fourth-order valence-electron chi connectivity index (χ4n) is 2.04. The lowest BCUT2D eigenvalue weighted by Crippen LogP contribution is -1.87. The molecule has 18 heavy (non-hydrogen) atoms. The van der Waals surface area contributed by atoms with E-state index in [4.69, 9.17) is 4.74 Å². The first kappa shape index (κ1) is 14.8. The van der Waals surface area contributed by atoms with Gasteiger partial charge in [0.1, 0.15) is 5.75 Å². The highest BCUT2D eigenvalue weighted by Crippen LogP contribution is 2.21. The SMILES string of the molecule is CCCCC(=Cc1cccc(OC)c1)CCCC. The van der Waals surface area contributed by atoms with Gasteiger partial charge < -0.3 is 4.74 Å². The van der Waals surface area contributed by atoms with Crippen LogP contribution >= 0.6 is 0 Å². The van der Waals surface area contributed by atoms with Crippen molar-refractivity contribution in [3.05, 3.63) is 35.4 Å². The van der Waals surface area contributed by atoms with E-state index in [0.29, 0.717) is 0 Å². The van der Waals surface area contributed by atoms with Crippen LogP contribution in [0.2, 0.25) is 0 Å². The van der Waals surface area contributed by atoms with Crippen LogP contribution in [0, 0.1) is 0 Å². The Hall–Kier alpha value is -1.24. The molecule has 0 spiro atoms. The van der Waals surface area contributed by atoms with E-state index < -0.39 is 0 Å². The molecule has 0 radical (unpaired) electrons. The van der Waals surface area contributed by atoms with Gasteiger partial charge in [-0.25, -0.2) is 0 Å². The third-order valence-electron chi connectivity index (χ3n) is 3.17. The second-order valence-corrected chi connectivity index (χ2v) is 4.79. The molecular formula is C17H26O. The van der Waals surface area contributed by atoms with Gasteiger partial charge in [-0.2, -0.15) is 0 Å². The molecule has 100 valence electrons. The number of allylic oxidation sites excluding steroid dienone is 1. The summed E-state index contributed by atoms with van der Waals surface area (Å²) in [5.41, 5.74) is 2.84. The summed E-state index contributed by atoms with van der Waals surface area (Å²) < 4.78 is 5.27. The third kappa shape index (κ3) is 5.39. The van der Waals surface area contributed by atoms with Crippen LogP contribution in [0.15, 0.2) is 29.8 Å². The van der Waals surface area contributed by atoms with Crippen LogP contribution in [0.25, 0.3) is 6.08 Å². The molecule has 1 rings (SSSR count). The lowest BCUT2D eigenvalue weighted by atomic mass is 10.00. The molecule has 0 atom stereocenters. The van der Waals surface area contributed by atoms with Crippen LogP contribution < -0.4 is 4.74 Å². The normalized spacial score (nSPS) is 10.2. The monoisotopic (exact) mass is 246 g/mol. The fraction of sp³-hybridized carbons (Fsp3) is 0.529. The summed E-state index contributed by atoms with van der Waals surface area (Å²) in [7, 11) is 1.72. The van der Waals surface area contributed by atoms with Gasteiger partial charge in [0.2, 0.25) is 0 Å². The van der Waals surface area contributed by atoms with E-state index in [-0.39, 0.29) is 0 Å². The molecule has 0 heterocycles. The molecule has 0 saturated heterocycles. The number of hydrogen-bond acceptors (Lipinski definition) is 1. The second-order valence-electron chi connectivity index (χ2n) is 4.79. The second kappa shape index (κ2) is 8.79. The largest absolute Gasteiger partial charge is 0.497 e. The highest BCUT2D eigenvalue weighted by atomic mass is 16.5. The predicted octanol–water partition coefficient (Wildman–Crippen LogP) is 5.46. The Balaban J connectivity index is 2.76.